The number of hydrogen-bond acceptors (Lipinski definition) is 8. The number of fused-ring (bicyclic) bond motifs is 4. The van der Waals surface area contributed by atoms with Gasteiger partial charge in [0.25, 0.3) is 0 Å². The normalized spacial score (nSPS) is 26.5. The predicted octanol–water partition coefficient (Wildman–Crippen LogP) is 5.87. The molecule has 2 aliphatic carbocycles. The molecule has 2 heterocycles. The fraction of sp³-hybridized carbons (Fsp3) is 0.375. The lowest BCUT2D eigenvalue weighted by Crippen LogP contribution is -2.53. The third-order valence-corrected chi connectivity index (χ3v) is 11.6. The number of benzene rings is 3. The van der Waals surface area contributed by atoms with Crippen molar-refractivity contribution in [1.82, 2.24) is 4.90 Å². The summed E-state index contributed by atoms with van der Waals surface area (Å²) in [6.07, 6.45) is 3.78. The van der Waals surface area contributed by atoms with E-state index in [1.807, 2.05) is 36.4 Å². The Morgan fingerprint density at radius 3 is 2.25 bits per heavy atom. The zero-order valence-electron chi connectivity index (χ0n) is 28.8. The molecule has 3 aromatic rings. The van der Waals surface area contributed by atoms with E-state index in [1.165, 1.54) is 36.2 Å². The summed E-state index contributed by atoms with van der Waals surface area (Å²) < 4.78 is 11.8. The molecule has 6 unspecified atom stereocenters. The topological polar surface area (TPSA) is 151 Å². The van der Waals surface area contributed by atoms with Gasteiger partial charge in [-0.25, -0.2) is 4.90 Å². The Bertz CT molecular complexity index is 1970. The first kappa shape index (κ1) is 35.3. The summed E-state index contributed by atoms with van der Waals surface area (Å²) in [5, 5.41) is 20.1. The average Bonchev–Trinajstić information content (AvgIpc) is 3.51. The predicted molar refractivity (Wildman–Crippen MR) is 190 cm³/mol. The van der Waals surface area contributed by atoms with Crippen LogP contribution in [0.1, 0.15) is 55.6 Å². The number of allylic oxidation sites excluding steroid dienone is 2. The van der Waals surface area contributed by atoms with Crippen LogP contribution < -0.4 is 14.4 Å². The van der Waals surface area contributed by atoms with E-state index in [9.17, 15) is 24.3 Å². The fourth-order valence-corrected chi connectivity index (χ4v) is 9.46. The number of anilines is 1. The number of carbonyl (C=O) groups is 5. The van der Waals surface area contributed by atoms with Crippen molar-refractivity contribution in [3.63, 3.8) is 0 Å². The maximum atomic E-state index is 15.5. The minimum atomic E-state index is -1.55. The van der Waals surface area contributed by atoms with Crippen LogP contribution in [0.15, 0.2) is 78.4 Å². The van der Waals surface area contributed by atoms with Gasteiger partial charge in [-0.3, -0.25) is 28.9 Å². The maximum absolute atomic E-state index is 15.5. The van der Waals surface area contributed by atoms with Crippen LogP contribution in [-0.2, 0) is 29.4 Å². The summed E-state index contributed by atoms with van der Waals surface area (Å²) >= 11 is 6.40. The van der Waals surface area contributed by atoms with E-state index in [4.69, 9.17) is 26.2 Å². The van der Waals surface area contributed by atoms with Gasteiger partial charge in [-0.05, 0) is 55.4 Å². The van der Waals surface area contributed by atoms with Crippen molar-refractivity contribution in [1.29, 1.82) is 0 Å². The first-order valence-corrected chi connectivity index (χ1v) is 17.8. The molecule has 12 heteroatoms. The van der Waals surface area contributed by atoms with Crippen LogP contribution in [0.5, 0.6) is 17.2 Å². The first-order chi connectivity index (χ1) is 25.0. The molecule has 2 N–H and O–H groups in total. The molecule has 1 saturated carbocycles. The van der Waals surface area contributed by atoms with Crippen LogP contribution in [0, 0.1) is 23.7 Å². The average molecular weight is 727 g/mol. The second kappa shape index (κ2) is 13.8. The summed E-state index contributed by atoms with van der Waals surface area (Å²) in [4.78, 5) is 72.1. The number of imide groups is 2. The number of aliphatic carboxylic acids is 1. The van der Waals surface area contributed by atoms with Gasteiger partial charge in [-0.15, -0.1) is 0 Å². The van der Waals surface area contributed by atoms with Crippen molar-refractivity contribution >= 4 is 46.9 Å². The fourth-order valence-electron chi connectivity index (χ4n) is 9.28. The molecule has 7 rings (SSSR count). The molecule has 11 nitrogen and oxygen atoms in total. The number of carboxylic acids is 1. The number of aromatic hydroxyl groups is 1. The number of phenolic OH excluding ortho intramolecular Hbond substituents is 1. The van der Waals surface area contributed by atoms with Gasteiger partial charge in [0.15, 0.2) is 0 Å². The lowest BCUT2D eigenvalue weighted by Gasteiger charge is -2.51. The number of methoxy groups -OCH3 is 2. The number of ether oxygens (including phenoxy) is 2. The lowest BCUT2D eigenvalue weighted by molar-refractivity contribution is -0.141. The van der Waals surface area contributed by atoms with Crippen LogP contribution >= 0.6 is 11.6 Å². The highest BCUT2D eigenvalue weighted by molar-refractivity contribution is 6.32. The highest BCUT2D eigenvalue weighted by Gasteiger charge is 2.71. The third-order valence-electron chi connectivity index (χ3n) is 11.3. The molecule has 2 aliphatic heterocycles. The van der Waals surface area contributed by atoms with E-state index in [1.54, 1.807) is 24.3 Å². The zero-order chi connectivity index (χ0) is 36.9. The molecule has 6 atom stereocenters. The van der Waals surface area contributed by atoms with E-state index in [-0.39, 0.29) is 54.9 Å². The van der Waals surface area contributed by atoms with Crippen molar-refractivity contribution in [2.24, 2.45) is 23.7 Å². The second-order valence-corrected chi connectivity index (χ2v) is 14.3. The van der Waals surface area contributed by atoms with Gasteiger partial charge in [-0.1, -0.05) is 66.1 Å². The van der Waals surface area contributed by atoms with Gasteiger partial charge in [-0.2, -0.15) is 0 Å². The lowest BCUT2D eigenvalue weighted by atomic mass is 9.49. The van der Waals surface area contributed by atoms with Crippen molar-refractivity contribution in [3.05, 3.63) is 94.5 Å². The summed E-state index contributed by atoms with van der Waals surface area (Å²) in [6.45, 7) is 0.173. The molecular weight excluding hydrogens is 688 g/mol. The number of amides is 4. The first-order valence-electron chi connectivity index (χ1n) is 17.5. The van der Waals surface area contributed by atoms with Gasteiger partial charge in [0.2, 0.25) is 23.6 Å². The van der Waals surface area contributed by atoms with Crippen molar-refractivity contribution in [2.75, 3.05) is 25.7 Å². The van der Waals surface area contributed by atoms with E-state index in [0.29, 0.717) is 41.1 Å². The number of phenols is 1. The summed E-state index contributed by atoms with van der Waals surface area (Å²) in [7, 11) is 2.90. The molecule has 3 fully saturated rings. The quantitative estimate of drug-likeness (QED) is 0.141. The van der Waals surface area contributed by atoms with Crippen molar-refractivity contribution in [2.45, 2.75) is 49.9 Å². The molecule has 0 bridgehead atoms. The summed E-state index contributed by atoms with van der Waals surface area (Å²) in [5.41, 5.74) is 0.507. The SMILES string of the molecule is COc1cc(O)cc(OC)c1C1C2=CCC3C(=O)N(CCCCCC(=O)O)C(=O)C3C2CC2C(=O)N(c3cccc(Cl)c3)C(=O)C21c1ccccc1. The zero-order valence-corrected chi connectivity index (χ0v) is 29.5. The van der Waals surface area contributed by atoms with Crippen LogP contribution in [0.25, 0.3) is 0 Å². The Balaban J connectivity index is 1.42. The van der Waals surface area contributed by atoms with E-state index in [0.717, 1.165) is 5.57 Å². The number of carboxylic acid groups (broad SMARTS) is 1. The molecule has 270 valence electrons. The molecular formula is C40H39ClN2O9. The monoisotopic (exact) mass is 726 g/mol. The molecule has 4 amide bonds. The number of rotatable bonds is 11. The Kier molecular flexibility index (Phi) is 9.33. The molecule has 2 saturated heterocycles. The number of nitrogens with zero attached hydrogens (tertiary/aromatic N) is 2. The third kappa shape index (κ3) is 5.44. The molecule has 3 aromatic carbocycles. The number of carbonyl (C=O) groups excluding carboxylic acids is 4. The van der Waals surface area contributed by atoms with E-state index in [2.05, 4.69) is 0 Å². The molecule has 52 heavy (non-hydrogen) atoms. The van der Waals surface area contributed by atoms with Gasteiger partial charge in [0.1, 0.15) is 17.2 Å². The Morgan fingerprint density at radius 1 is 0.885 bits per heavy atom. The molecule has 0 spiro atoms. The second-order valence-electron chi connectivity index (χ2n) is 13.9. The minimum absolute atomic E-state index is 0.0115. The molecule has 4 aliphatic rings. The summed E-state index contributed by atoms with van der Waals surface area (Å²) in [6, 6.07) is 18.5. The van der Waals surface area contributed by atoms with Gasteiger partial charge in [0, 0.05) is 41.6 Å². The van der Waals surface area contributed by atoms with Crippen LogP contribution in [0.3, 0.4) is 0 Å². The highest BCUT2D eigenvalue weighted by atomic mass is 35.5. The molecule has 0 radical (unpaired) electrons. The van der Waals surface area contributed by atoms with Crippen LogP contribution in [-0.4, -0.2) is 65.5 Å². The van der Waals surface area contributed by atoms with E-state index < -0.39 is 52.8 Å². The number of unbranched alkanes of at least 4 members (excludes halogenated alkanes) is 2. The number of hydrogen-bond donors (Lipinski definition) is 2. The Hall–Kier alpha value is -5.16. The van der Waals surface area contributed by atoms with Crippen LogP contribution in [0.2, 0.25) is 5.02 Å². The van der Waals surface area contributed by atoms with Crippen LogP contribution in [0.4, 0.5) is 5.69 Å². The summed E-state index contributed by atoms with van der Waals surface area (Å²) in [5.74, 6) is -6.02. The number of halogens is 1. The highest BCUT2D eigenvalue weighted by Crippen LogP contribution is 2.66. The van der Waals surface area contributed by atoms with E-state index >= 15 is 4.79 Å². The minimum Gasteiger partial charge on any atom is -0.508 e. The number of likely N-dealkylation sites (tertiary alicyclic amines) is 1. The van der Waals surface area contributed by atoms with Gasteiger partial charge >= 0.3 is 5.97 Å². The standard InChI is InChI=1S/C40H39ClN2O9/c1-51-30-19-25(44)20-31(52-2)34(30)35-26-15-16-27-33(38(49)42(36(27)47)17-8-4-7-14-32(45)46)28(26)21-29-37(48)43(24-13-9-12-23(41)18-24)39(50)40(29,35)22-10-5-3-6-11-22/h3,5-6,9-13,15,18-20,27-29,33,35,44H,4,7-8,14,16-17,21H2,1-2H3,(H,45,46). The smallest absolute Gasteiger partial charge is 0.303 e. The Morgan fingerprint density at radius 2 is 1.60 bits per heavy atom. The molecule has 0 aromatic heterocycles. The Labute approximate surface area is 305 Å². The maximum Gasteiger partial charge on any atom is 0.303 e. The van der Waals surface area contributed by atoms with Crippen molar-refractivity contribution in [3.8, 4) is 17.2 Å². The van der Waals surface area contributed by atoms with Crippen molar-refractivity contribution < 1.29 is 43.7 Å². The van der Waals surface area contributed by atoms with Gasteiger partial charge < -0.3 is 19.7 Å². The largest absolute Gasteiger partial charge is 0.508 e. The van der Waals surface area contributed by atoms with Gasteiger partial charge in [0.05, 0.1) is 43.1 Å².